The summed E-state index contributed by atoms with van der Waals surface area (Å²) in [6, 6.07) is 33.1. The number of rotatable bonds is 11. The average Bonchev–Trinajstić information content (AvgIpc) is 3.94. The molecule has 0 bridgehead atoms. The monoisotopic (exact) mass is 1110 g/mol. The number of halogens is 8. The lowest BCUT2D eigenvalue weighted by molar-refractivity contribution is -0.136. The lowest BCUT2D eigenvalue weighted by atomic mass is 10.0. The molecule has 0 saturated carbocycles. The van der Waals surface area contributed by atoms with Crippen molar-refractivity contribution in [1.29, 1.82) is 0 Å². The molecule has 0 radical (unpaired) electrons. The summed E-state index contributed by atoms with van der Waals surface area (Å²) in [5, 5.41) is 2.63. The van der Waals surface area contributed by atoms with E-state index >= 15 is 0 Å². The summed E-state index contributed by atoms with van der Waals surface area (Å²) >= 11 is 21.7. The number of aromatic nitrogens is 2. The van der Waals surface area contributed by atoms with Crippen LogP contribution in [0.3, 0.4) is 0 Å². The van der Waals surface area contributed by atoms with Crippen molar-refractivity contribution in [2.45, 2.75) is 53.6 Å². The van der Waals surface area contributed by atoms with Gasteiger partial charge in [0.15, 0.2) is 5.82 Å². The number of alkyl halides is 3. The zero-order valence-electron chi connectivity index (χ0n) is 40.9. The van der Waals surface area contributed by atoms with Gasteiger partial charge in [0.05, 0.1) is 11.1 Å². The second-order valence-electron chi connectivity index (χ2n) is 18.0. The Kier molecular flexibility index (Phi) is 19.7. The Hall–Kier alpha value is -5.81. The molecule has 1 heterocycles. The van der Waals surface area contributed by atoms with Crippen molar-refractivity contribution in [2.24, 2.45) is 0 Å². The van der Waals surface area contributed by atoms with Crippen molar-refractivity contribution in [2.75, 3.05) is 39.1 Å². The third-order valence-corrected chi connectivity index (χ3v) is 14.0. The molecule has 0 unspecified atom stereocenters. The molecule has 378 valence electrons. The van der Waals surface area contributed by atoms with E-state index in [1.165, 1.54) is 34.4 Å². The van der Waals surface area contributed by atoms with E-state index in [1.54, 1.807) is 30.4 Å². The van der Waals surface area contributed by atoms with E-state index in [0.717, 1.165) is 90.9 Å². The molecule has 9 rings (SSSR count). The third-order valence-electron chi connectivity index (χ3n) is 12.2. The van der Waals surface area contributed by atoms with Gasteiger partial charge >= 0.3 is 6.18 Å². The Balaban J connectivity index is 0.000000185. The molecule has 4 nitrogen and oxygen atoms in total. The van der Waals surface area contributed by atoms with Gasteiger partial charge in [0, 0.05) is 38.5 Å². The van der Waals surface area contributed by atoms with Gasteiger partial charge in [-0.1, -0.05) is 155 Å². The summed E-state index contributed by atoms with van der Waals surface area (Å²) < 4.78 is 55.4. The minimum Gasteiger partial charge on any atom is -0.359 e. The largest absolute Gasteiger partial charge is 0.418 e. The van der Waals surface area contributed by atoms with Crippen LogP contribution in [-0.4, -0.2) is 49.1 Å². The Labute approximate surface area is 451 Å². The van der Waals surface area contributed by atoms with Crippen LogP contribution in [0, 0.1) is 26.6 Å². The van der Waals surface area contributed by atoms with E-state index in [2.05, 4.69) is 97.6 Å². The maximum atomic E-state index is 13.7. The summed E-state index contributed by atoms with van der Waals surface area (Å²) in [7, 11) is 5.81. The first-order chi connectivity index (χ1) is 34.3. The molecule has 6 aromatic carbocycles. The van der Waals surface area contributed by atoms with Crippen molar-refractivity contribution in [3.63, 3.8) is 0 Å². The predicted molar refractivity (Wildman–Crippen MR) is 307 cm³/mol. The van der Waals surface area contributed by atoms with Gasteiger partial charge in [-0.2, -0.15) is 13.2 Å². The van der Waals surface area contributed by atoms with Gasteiger partial charge in [0.2, 0.25) is 0 Å². The van der Waals surface area contributed by atoms with Gasteiger partial charge in [0.25, 0.3) is 0 Å². The molecule has 7 aromatic rings. The van der Waals surface area contributed by atoms with E-state index in [9.17, 15) is 17.6 Å². The third kappa shape index (κ3) is 15.1. The summed E-state index contributed by atoms with van der Waals surface area (Å²) in [6.45, 7) is 7.43. The number of allylic oxidation sites excluding steroid dienone is 6. The highest BCUT2D eigenvalue weighted by molar-refractivity contribution is 9.10. The van der Waals surface area contributed by atoms with Crippen LogP contribution < -0.4 is 4.90 Å². The highest BCUT2D eigenvalue weighted by Crippen LogP contribution is 2.37. The first kappa shape index (κ1) is 56.5. The Morgan fingerprint density at radius 1 is 0.603 bits per heavy atom. The summed E-state index contributed by atoms with van der Waals surface area (Å²) in [5.74, 6) is 0.527. The Morgan fingerprint density at radius 3 is 1.70 bits per heavy atom. The fraction of sp³-hybridized carbons (Fsp3) is 0.213. The molecule has 0 atom stereocenters. The molecule has 12 heteroatoms. The van der Waals surface area contributed by atoms with Gasteiger partial charge in [-0.25, -0.2) is 14.4 Å². The average molecular weight is 1110 g/mol. The Morgan fingerprint density at radius 2 is 1.15 bits per heavy atom. The zero-order valence-corrected chi connectivity index (χ0v) is 44.7. The van der Waals surface area contributed by atoms with Gasteiger partial charge in [-0.15, -0.1) is 0 Å². The van der Waals surface area contributed by atoms with Crippen LogP contribution in [0.4, 0.5) is 23.4 Å². The lowest BCUT2D eigenvalue weighted by Gasteiger charge is -2.22. The predicted octanol–water partition coefficient (Wildman–Crippen LogP) is 18.3. The molecule has 0 saturated heterocycles. The number of benzene rings is 6. The maximum absolute atomic E-state index is 13.7. The number of aryl methyl sites for hydroxylation is 3. The molecular formula is C61H58BrCl3F4N4. The normalized spacial score (nSPS) is 12.9. The summed E-state index contributed by atoms with van der Waals surface area (Å²) in [5.41, 5.74) is 12.7. The van der Waals surface area contributed by atoms with Crippen LogP contribution in [0.25, 0.3) is 46.4 Å². The fourth-order valence-corrected chi connectivity index (χ4v) is 9.03. The topological polar surface area (TPSA) is 32.3 Å². The fourth-order valence-electron chi connectivity index (χ4n) is 8.32. The molecule has 1 aromatic heterocycles. The number of hydrogen-bond donors (Lipinski definition) is 0. The molecule has 2 aliphatic rings. The molecule has 0 aliphatic heterocycles. The molecule has 73 heavy (non-hydrogen) atoms. The Bertz CT molecular complexity index is 3270. The van der Waals surface area contributed by atoms with Crippen LogP contribution in [0.5, 0.6) is 0 Å². The molecule has 0 N–H and O–H groups in total. The molecule has 0 fully saturated rings. The van der Waals surface area contributed by atoms with Crippen molar-refractivity contribution in [1.82, 2.24) is 14.9 Å². The van der Waals surface area contributed by atoms with Gasteiger partial charge in [-0.05, 0) is 188 Å². The van der Waals surface area contributed by atoms with Crippen molar-refractivity contribution in [3.8, 4) is 0 Å². The number of hydrogen-bond acceptors (Lipinski definition) is 4. The van der Waals surface area contributed by atoms with Crippen LogP contribution in [-0.2, 0) is 19.0 Å². The number of fused-ring (bicyclic) bond motifs is 3. The van der Waals surface area contributed by atoms with Gasteiger partial charge in [0.1, 0.15) is 11.6 Å². The number of para-hydroxylation sites is 1. The minimum absolute atomic E-state index is 0. The van der Waals surface area contributed by atoms with E-state index in [4.69, 9.17) is 34.8 Å². The number of nitrogens with zero attached hydrogens (tertiary/aromatic N) is 4. The highest BCUT2D eigenvalue weighted by Gasteiger charge is 2.34. The van der Waals surface area contributed by atoms with Crippen LogP contribution in [0.2, 0.25) is 15.1 Å². The highest BCUT2D eigenvalue weighted by atomic mass is 79.9. The van der Waals surface area contributed by atoms with Crippen LogP contribution in [0.15, 0.2) is 138 Å². The van der Waals surface area contributed by atoms with Crippen molar-refractivity contribution >= 4 is 103 Å². The van der Waals surface area contributed by atoms with Crippen molar-refractivity contribution in [3.05, 3.63) is 226 Å². The second-order valence-corrected chi connectivity index (χ2v) is 20.2. The molecule has 0 spiro atoms. The quantitative estimate of drug-likeness (QED) is 0.121. The van der Waals surface area contributed by atoms with Crippen LogP contribution in [0.1, 0.15) is 80.9 Å². The summed E-state index contributed by atoms with van der Waals surface area (Å²) in [6.07, 6.45) is 14.4. The van der Waals surface area contributed by atoms with Gasteiger partial charge in [-0.3, -0.25) is 0 Å². The van der Waals surface area contributed by atoms with Gasteiger partial charge < -0.3 is 9.80 Å². The molecule has 0 amide bonds. The molecule has 2 aliphatic carbocycles. The zero-order chi connectivity index (χ0) is 51.7. The smallest absolute Gasteiger partial charge is 0.359 e. The first-order valence-corrected chi connectivity index (χ1v) is 25.3. The second kappa shape index (κ2) is 25.4. The van der Waals surface area contributed by atoms with E-state index < -0.39 is 11.7 Å². The first-order valence-electron chi connectivity index (χ1n) is 23.4. The van der Waals surface area contributed by atoms with E-state index in [-0.39, 0.29) is 24.6 Å². The standard InChI is InChI=1S/C24H26ClF3N4.C18H14BrCl.C18H14ClF.CH4/c1-16-15-17(9-11-20(16)25)10-12-21-29-22-18(7-5-8-19(22)24(26,27)28)23(30-21)32(4)14-6-13-31(2)3;1-12-10-13(3-9-18(12)20)2-4-14-5-6-15-7-8-16(19)11-17(14)15;1-12-10-13(3-9-18(12)19)2-4-14-5-6-15-11-16(20)7-8-17(14)15;/h5,7-12,15H,6,13-14H2,1-4H3;2*2-5,7-11H,6H2,1H3;1H4/b12-10+;2*4-2+;. The van der Waals surface area contributed by atoms with Crippen LogP contribution >= 0.6 is 50.7 Å². The van der Waals surface area contributed by atoms with E-state index in [0.29, 0.717) is 22.8 Å². The van der Waals surface area contributed by atoms with Crippen molar-refractivity contribution < 1.29 is 17.6 Å². The lowest BCUT2D eigenvalue weighted by Crippen LogP contribution is -2.24. The summed E-state index contributed by atoms with van der Waals surface area (Å²) in [4.78, 5) is 12.8. The maximum Gasteiger partial charge on any atom is 0.418 e. The van der Waals surface area contributed by atoms with E-state index in [1.807, 2.05) is 89.3 Å². The molecular weight excluding hydrogens is 1050 g/mol. The minimum atomic E-state index is -4.51. The SMILES string of the molecule is C.Cc1cc(/C=C/C2=CCc3cc(F)ccc32)ccc1Cl.Cc1cc(/C=C/C2=CCc3ccc(Br)cc32)ccc1Cl.Cc1cc(/C=C/c2nc(N(C)CCCN(C)C)c3cccc(C(F)(F)F)c3n2)ccc1Cl. The number of anilines is 1.